The monoisotopic (exact) mass is 432 g/mol. The van der Waals surface area contributed by atoms with Crippen LogP contribution in [-0.4, -0.2) is 23.2 Å². The van der Waals surface area contributed by atoms with Gasteiger partial charge in [0.05, 0.1) is 18.9 Å². The van der Waals surface area contributed by atoms with E-state index in [0.29, 0.717) is 29.3 Å². The van der Waals surface area contributed by atoms with Crippen molar-refractivity contribution in [3.8, 4) is 10.6 Å². The van der Waals surface area contributed by atoms with Gasteiger partial charge in [-0.3, -0.25) is 0 Å². The molecule has 2 fully saturated rings. The van der Waals surface area contributed by atoms with Crippen molar-refractivity contribution in [1.29, 1.82) is 0 Å². The average molecular weight is 433 g/mol. The van der Waals surface area contributed by atoms with E-state index in [1.165, 1.54) is 23.0 Å². The van der Waals surface area contributed by atoms with E-state index < -0.39 is 6.29 Å². The number of hydrogen-bond donors (Lipinski definition) is 0. The Hall–Kier alpha value is -2.67. The minimum atomic E-state index is -0.496. The summed E-state index contributed by atoms with van der Waals surface area (Å²) in [4.78, 5) is 10.4. The molecule has 0 bridgehead atoms. The molecule has 4 nitrogen and oxygen atoms in total. The smallest absolute Gasteiger partial charge is 0.183 e. The van der Waals surface area contributed by atoms with Crippen LogP contribution in [0.1, 0.15) is 42.4 Å². The van der Waals surface area contributed by atoms with E-state index in [0.717, 1.165) is 35.3 Å². The van der Waals surface area contributed by atoms with E-state index in [-0.39, 0.29) is 11.2 Å². The highest BCUT2D eigenvalue weighted by molar-refractivity contribution is 7.21. The van der Waals surface area contributed by atoms with Gasteiger partial charge >= 0.3 is 0 Å². The van der Waals surface area contributed by atoms with Gasteiger partial charge in [-0.05, 0) is 49.1 Å². The Balaban J connectivity index is 1.33. The van der Waals surface area contributed by atoms with Crippen LogP contribution in [0.3, 0.4) is 0 Å². The molecule has 4 aromatic rings. The van der Waals surface area contributed by atoms with Crippen LogP contribution in [0, 0.1) is 5.82 Å². The molecule has 6 rings (SSSR count). The summed E-state index contributed by atoms with van der Waals surface area (Å²) in [6, 6.07) is 19.7. The highest BCUT2D eigenvalue weighted by Crippen LogP contribution is 2.53. The molecule has 2 aromatic carbocycles. The van der Waals surface area contributed by atoms with E-state index in [4.69, 9.17) is 14.5 Å². The lowest BCUT2D eigenvalue weighted by Crippen LogP contribution is -2.17. The molecule has 0 N–H and O–H groups in total. The number of ether oxygens (including phenoxy) is 2. The first-order valence-electron chi connectivity index (χ1n) is 10.6. The van der Waals surface area contributed by atoms with Crippen molar-refractivity contribution < 1.29 is 13.9 Å². The first-order chi connectivity index (χ1) is 15.2. The summed E-state index contributed by atoms with van der Waals surface area (Å²) in [6.07, 6.45) is 2.57. The van der Waals surface area contributed by atoms with Crippen LogP contribution < -0.4 is 0 Å². The Bertz CT molecular complexity index is 1250. The fourth-order valence-electron chi connectivity index (χ4n) is 4.31. The van der Waals surface area contributed by atoms with Crippen LogP contribution in [-0.2, 0) is 14.9 Å². The summed E-state index contributed by atoms with van der Waals surface area (Å²) >= 11 is 1.43. The van der Waals surface area contributed by atoms with Crippen molar-refractivity contribution >= 4 is 21.7 Å². The maximum Gasteiger partial charge on any atom is 0.183 e. The molecule has 3 heterocycles. The molecule has 1 saturated heterocycles. The third kappa shape index (κ3) is 3.35. The fourth-order valence-corrected chi connectivity index (χ4v) is 5.27. The summed E-state index contributed by atoms with van der Waals surface area (Å²) in [5.74, 6) is -0.322. The minimum Gasteiger partial charge on any atom is -0.348 e. The van der Waals surface area contributed by atoms with Gasteiger partial charge in [0.1, 0.15) is 21.2 Å². The predicted molar refractivity (Wildman–Crippen MR) is 119 cm³/mol. The summed E-state index contributed by atoms with van der Waals surface area (Å²) in [5.41, 5.74) is 4.36. The number of fused-ring (bicyclic) bond motifs is 1. The number of benzene rings is 2. The first kappa shape index (κ1) is 19.0. The van der Waals surface area contributed by atoms with Crippen molar-refractivity contribution in [2.75, 3.05) is 13.2 Å². The molecule has 0 spiro atoms. The minimum absolute atomic E-state index is 0.00645. The van der Waals surface area contributed by atoms with Crippen LogP contribution in [0.2, 0.25) is 0 Å². The Morgan fingerprint density at radius 1 is 0.935 bits per heavy atom. The van der Waals surface area contributed by atoms with Crippen molar-refractivity contribution in [2.24, 2.45) is 0 Å². The van der Waals surface area contributed by atoms with E-state index >= 15 is 0 Å². The molecule has 0 atom stereocenters. The lowest BCUT2D eigenvalue weighted by atomic mass is 9.92. The zero-order valence-corrected chi connectivity index (χ0v) is 17.7. The first-order valence-corrected chi connectivity index (χ1v) is 11.4. The Morgan fingerprint density at radius 3 is 2.48 bits per heavy atom. The number of aromatic nitrogens is 2. The van der Waals surface area contributed by atoms with Gasteiger partial charge in [-0.1, -0.05) is 47.7 Å². The second kappa shape index (κ2) is 7.48. The quantitative estimate of drug-likeness (QED) is 0.396. The largest absolute Gasteiger partial charge is 0.348 e. The highest BCUT2D eigenvalue weighted by atomic mass is 32.1. The van der Waals surface area contributed by atoms with Crippen LogP contribution >= 0.6 is 11.3 Å². The zero-order chi connectivity index (χ0) is 20.8. The van der Waals surface area contributed by atoms with Crippen LogP contribution in [0.25, 0.3) is 20.9 Å². The van der Waals surface area contributed by atoms with Gasteiger partial charge in [0.15, 0.2) is 6.29 Å². The van der Waals surface area contributed by atoms with Gasteiger partial charge in [-0.2, -0.15) is 0 Å². The van der Waals surface area contributed by atoms with Crippen molar-refractivity contribution in [3.63, 3.8) is 0 Å². The summed E-state index contributed by atoms with van der Waals surface area (Å²) in [7, 11) is 0. The van der Waals surface area contributed by atoms with Gasteiger partial charge in [0.2, 0.25) is 0 Å². The van der Waals surface area contributed by atoms with Gasteiger partial charge in [0, 0.05) is 16.5 Å². The maximum absolute atomic E-state index is 15.0. The Labute approximate surface area is 183 Å². The SMILES string of the molecule is Fc1cc(C2OCCCO2)ccc1-c1nc2ccc(C3(c4ccccc4)CC3)nc2s1. The molecule has 1 saturated carbocycles. The molecule has 31 heavy (non-hydrogen) atoms. The van der Waals surface area contributed by atoms with Crippen LogP contribution in [0.5, 0.6) is 0 Å². The lowest BCUT2D eigenvalue weighted by molar-refractivity contribution is -0.183. The van der Waals surface area contributed by atoms with Gasteiger partial charge < -0.3 is 9.47 Å². The molecule has 0 amide bonds. The molecule has 2 aliphatic rings. The number of pyridine rings is 1. The van der Waals surface area contributed by atoms with E-state index in [1.54, 1.807) is 6.07 Å². The zero-order valence-electron chi connectivity index (χ0n) is 16.9. The molecule has 0 radical (unpaired) electrons. The molecule has 156 valence electrons. The van der Waals surface area contributed by atoms with Crippen molar-refractivity contribution in [2.45, 2.75) is 31.0 Å². The van der Waals surface area contributed by atoms with E-state index in [1.807, 2.05) is 18.2 Å². The molecule has 6 heteroatoms. The summed E-state index contributed by atoms with van der Waals surface area (Å²) in [5, 5.41) is 0.638. The predicted octanol–water partition coefficient (Wildman–Crippen LogP) is 6.01. The van der Waals surface area contributed by atoms with Gasteiger partial charge in [-0.25, -0.2) is 14.4 Å². The van der Waals surface area contributed by atoms with E-state index in [9.17, 15) is 4.39 Å². The molecule has 0 unspecified atom stereocenters. The highest BCUT2D eigenvalue weighted by Gasteiger charge is 2.47. The number of halogens is 1. The van der Waals surface area contributed by atoms with Gasteiger partial charge in [-0.15, -0.1) is 0 Å². The van der Waals surface area contributed by atoms with Crippen LogP contribution in [0.4, 0.5) is 4.39 Å². The second-order valence-corrected chi connectivity index (χ2v) is 9.13. The molecular weight excluding hydrogens is 411 g/mol. The van der Waals surface area contributed by atoms with Crippen molar-refractivity contribution in [3.05, 3.63) is 83.3 Å². The standard InChI is InChI=1S/C25H21FN2O2S/c26-19-15-16(24-29-13-4-14-30-24)7-8-18(19)22-27-20-9-10-21(28-23(20)31-22)25(11-12-25)17-5-2-1-3-6-17/h1-3,5-10,15,24H,4,11-14H2. The number of nitrogens with zero attached hydrogens (tertiary/aromatic N) is 2. The average Bonchev–Trinajstić information content (AvgIpc) is 3.53. The number of rotatable bonds is 4. The fraction of sp³-hybridized carbons (Fsp3) is 0.280. The molecule has 1 aliphatic carbocycles. The van der Waals surface area contributed by atoms with E-state index in [2.05, 4.69) is 35.3 Å². The summed E-state index contributed by atoms with van der Waals surface area (Å²) in [6.45, 7) is 1.26. The molecule has 2 aromatic heterocycles. The maximum atomic E-state index is 15.0. The lowest BCUT2D eigenvalue weighted by Gasteiger charge is -2.23. The molecular formula is C25H21FN2O2S. The van der Waals surface area contributed by atoms with Gasteiger partial charge in [0.25, 0.3) is 0 Å². The van der Waals surface area contributed by atoms with Crippen LogP contribution in [0.15, 0.2) is 60.7 Å². The topological polar surface area (TPSA) is 44.2 Å². The Morgan fingerprint density at radius 2 is 1.74 bits per heavy atom. The van der Waals surface area contributed by atoms with Crippen molar-refractivity contribution in [1.82, 2.24) is 9.97 Å². The normalized spacial score (nSPS) is 18.4. The molecule has 1 aliphatic heterocycles. The number of hydrogen-bond acceptors (Lipinski definition) is 5. The second-order valence-electron chi connectivity index (χ2n) is 8.15. The summed E-state index contributed by atoms with van der Waals surface area (Å²) < 4.78 is 26.1. The third-order valence-electron chi connectivity index (χ3n) is 6.15. The third-order valence-corrected chi connectivity index (χ3v) is 7.14. The Kier molecular flexibility index (Phi) is 4.60. The number of thiazole rings is 1.